The van der Waals surface area contributed by atoms with Crippen LogP contribution in [-0.2, 0) is 28.5 Å². The number of aromatic nitrogens is 2. The summed E-state index contributed by atoms with van der Waals surface area (Å²) in [6, 6.07) is 3.97. The Kier molecular flexibility index (Phi) is 4.86. The Morgan fingerprint density at radius 2 is 1.96 bits per heavy atom. The molecule has 1 aliphatic heterocycles. The minimum Gasteiger partial charge on any atom is -0.289 e. The SMILES string of the molecule is C[C@@]1(c2cc(Br)ccc2F)Cn2c(cn(CC(F)(F)F)c2=O)C(S(C)(=O)=O)=N1. The van der Waals surface area contributed by atoms with Gasteiger partial charge in [0.2, 0.25) is 0 Å². The fourth-order valence-electron chi connectivity index (χ4n) is 3.11. The molecule has 0 bridgehead atoms. The highest BCUT2D eigenvalue weighted by Crippen LogP contribution is 2.35. The van der Waals surface area contributed by atoms with Gasteiger partial charge in [-0.05, 0) is 25.1 Å². The molecule has 0 saturated heterocycles. The highest BCUT2D eigenvalue weighted by atomic mass is 79.9. The molecule has 0 unspecified atom stereocenters. The zero-order chi connectivity index (χ0) is 21.1. The first-order valence-corrected chi connectivity index (χ1v) is 10.5. The number of aliphatic imine (C=N–C) groups is 1. The van der Waals surface area contributed by atoms with Crippen LogP contribution in [0.3, 0.4) is 0 Å². The molecule has 0 radical (unpaired) electrons. The fraction of sp³-hybridized carbons (Fsp3) is 0.375. The molecule has 28 heavy (non-hydrogen) atoms. The average Bonchev–Trinajstić information content (AvgIpc) is 2.82. The van der Waals surface area contributed by atoms with E-state index in [1.54, 1.807) is 0 Å². The van der Waals surface area contributed by atoms with E-state index in [1.807, 2.05) is 0 Å². The summed E-state index contributed by atoms with van der Waals surface area (Å²) < 4.78 is 79.0. The molecule has 1 aliphatic rings. The van der Waals surface area contributed by atoms with Gasteiger partial charge in [0.25, 0.3) is 0 Å². The Balaban J connectivity index is 2.26. The Bertz CT molecular complexity index is 1150. The van der Waals surface area contributed by atoms with E-state index < -0.39 is 44.6 Å². The number of imidazole rings is 1. The second-order valence-electron chi connectivity index (χ2n) is 6.71. The van der Waals surface area contributed by atoms with Crippen molar-refractivity contribution < 1.29 is 26.0 Å². The molecule has 0 amide bonds. The van der Waals surface area contributed by atoms with Crippen LogP contribution in [0, 0.1) is 5.82 Å². The molecule has 152 valence electrons. The molecule has 6 nitrogen and oxygen atoms in total. The minimum atomic E-state index is -4.68. The molecule has 0 spiro atoms. The zero-order valence-corrected chi connectivity index (χ0v) is 17.0. The fourth-order valence-corrected chi connectivity index (χ4v) is 4.38. The van der Waals surface area contributed by atoms with Crippen LogP contribution >= 0.6 is 15.9 Å². The maximum Gasteiger partial charge on any atom is 0.406 e. The van der Waals surface area contributed by atoms with Crippen molar-refractivity contribution in [2.75, 3.05) is 6.26 Å². The van der Waals surface area contributed by atoms with Gasteiger partial charge in [-0.1, -0.05) is 15.9 Å². The van der Waals surface area contributed by atoms with Crippen LogP contribution in [0.4, 0.5) is 17.6 Å². The molecule has 2 aromatic rings. The summed E-state index contributed by atoms with van der Waals surface area (Å²) in [5.41, 5.74) is -2.83. The summed E-state index contributed by atoms with van der Waals surface area (Å²) in [6.07, 6.45) is -3.04. The number of rotatable bonds is 2. The predicted octanol–water partition coefficient (Wildman–Crippen LogP) is 2.83. The lowest BCUT2D eigenvalue weighted by atomic mass is 9.91. The normalized spacial score (nSPS) is 20.0. The summed E-state index contributed by atoms with van der Waals surface area (Å²) in [4.78, 5) is 16.7. The smallest absolute Gasteiger partial charge is 0.289 e. The summed E-state index contributed by atoms with van der Waals surface area (Å²) in [5.74, 6) is -0.687. The molecule has 1 atom stereocenters. The third-order valence-electron chi connectivity index (χ3n) is 4.29. The standard InChI is InChI=1S/C16H14BrF4N3O3S/c1-15(10-5-9(17)3-4-11(10)18)7-24-12(13(22-15)28(2,26)27)6-23(14(24)25)8-16(19,20)21/h3-6H,7-8H2,1-2H3/t15-/m0/s1. The second kappa shape index (κ2) is 6.55. The van der Waals surface area contributed by atoms with Gasteiger partial charge in [0.15, 0.2) is 14.9 Å². The molecule has 3 rings (SSSR count). The third-order valence-corrected chi connectivity index (χ3v) is 5.78. The van der Waals surface area contributed by atoms with Gasteiger partial charge in [0, 0.05) is 22.5 Å². The highest BCUT2D eigenvalue weighted by Gasteiger charge is 2.40. The molecule has 1 aromatic heterocycles. The summed E-state index contributed by atoms with van der Waals surface area (Å²) in [7, 11) is -4.03. The molecule has 12 heteroatoms. The first-order valence-electron chi connectivity index (χ1n) is 7.84. The largest absolute Gasteiger partial charge is 0.406 e. The molecule has 2 heterocycles. The molecular weight excluding hydrogens is 470 g/mol. The van der Waals surface area contributed by atoms with Gasteiger partial charge >= 0.3 is 11.9 Å². The summed E-state index contributed by atoms with van der Waals surface area (Å²) in [5, 5.41) is -0.571. The van der Waals surface area contributed by atoms with Crippen molar-refractivity contribution >= 4 is 30.8 Å². The molecule has 0 fully saturated rings. The number of halogens is 5. The van der Waals surface area contributed by atoms with Crippen molar-refractivity contribution in [1.29, 1.82) is 0 Å². The first kappa shape index (κ1) is 20.8. The van der Waals surface area contributed by atoms with E-state index in [0.717, 1.165) is 23.1 Å². The van der Waals surface area contributed by atoms with E-state index in [0.29, 0.717) is 9.04 Å². The number of sulfone groups is 1. The van der Waals surface area contributed by atoms with Crippen molar-refractivity contribution in [2.45, 2.75) is 31.7 Å². The topological polar surface area (TPSA) is 73.4 Å². The van der Waals surface area contributed by atoms with Crippen molar-refractivity contribution in [3.05, 3.63) is 56.4 Å². The van der Waals surface area contributed by atoms with Crippen LogP contribution in [0.2, 0.25) is 0 Å². The van der Waals surface area contributed by atoms with Gasteiger partial charge in [0.1, 0.15) is 17.9 Å². The lowest BCUT2D eigenvalue weighted by molar-refractivity contribution is -0.141. The average molecular weight is 484 g/mol. The predicted molar refractivity (Wildman–Crippen MR) is 97.6 cm³/mol. The van der Waals surface area contributed by atoms with E-state index in [-0.39, 0.29) is 17.8 Å². The van der Waals surface area contributed by atoms with Crippen molar-refractivity contribution in [3.63, 3.8) is 0 Å². The van der Waals surface area contributed by atoms with Crippen LogP contribution in [0.15, 0.2) is 38.7 Å². The van der Waals surface area contributed by atoms with Crippen molar-refractivity contribution in [1.82, 2.24) is 9.13 Å². The van der Waals surface area contributed by atoms with Gasteiger partial charge in [-0.25, -0.2) is 17.6 Å². The lowest BCUT2D eigenvalue weighted by Gasteiger charge is -2.31. The van der Waals surface area contributed by atoms with Gasteiger partial charge in [-0.3, -0.25) is 14.1 Å². The van der Waals surface area contributed by atoms with Gasteiger partial charge in [-0.15, -0.1) is 0 Å². The van der Waals surface area contributed by atoms with Crippen LogP contribution in [0.1, 0.15) is 18.2 Å². The monoisotopic (exact) mass is 483 g/mol. The van der Waals surface area contributed by atoms with Crippen molar-refractivity contribution in [3.8, 4) is 0 Å². The van der Waals surface area contributed by atoms with Gasteiger partial charge in [0.05, 0.1) is 12.2 Å². The van der Waals surface area contributed by atoms with Crippen LogP contribution in [-0.4, -0.2) is 35.0 Å². The summed E-state index contributed by atoms with van der Waals surface area (Å²) >= 11 is 3.19. The third kappa shape index (κ3) is 3.79. The number of hydrogen-bond donors (Lipinski definition) is 0. The molecule has 1 aromatic carbocycles. The Hall–Kier alpha value is -1.95. The van der Waals surface area contributed by atoms with E-state index in [4.69, 9.17) is 0 Å². The second-order valence-corrected chi connectivity index (χ2v) is 9.56. The van der Waals surface area contributed by atoms with E-state index in [1.165, 1.54) is 19.1 Å². The quantitative estimate of drug-likeness (QED) is 0.616. The maximum absolute atomic E-state index is 14.4. The van der Waals surface area contributed by atoms with Gasteiger partial charge in [-0.2, -0.15) is 13.2 Å². The minimum absolute atomic E-state index is 0.00384. The number of fused-ring (bicyclic) bond motifs is 1. The number of hydrogen-bond acceptors (Lipinski definition) is 4. The van der Waals surface area contributed by atoms with E-state index in [2.05, 4.69) is 20.9 Å². The maximum atomic E-state index is 14.4. The van der Waals surface area contributed by atoms with Crippen molar-refractivity contribution in [2.24, 2.45) is 4.99 Å². The van der Waals surface area contributed by atoms with E-state index >= 15 is 0 Å². The number of alkyl halides is 3. The Morgan fingerprint density at radius 1 is 1.32 bits per heavy atom. The molecule has 0 saturated carbocycles. The van der Waals surface area contributed by atoms with Gasteiger partial charge < -0.3 is 0 Å². The molecule has 0 aliphatic carbocycles. The Morgan fingerprint density at radius 3 is 2.54 bits per heavy atom. The summed E-state index contributed by atoms with van der Waals surface area (Å²) in [6.45, 7) is -0.483. The first-order chi connectivity index (χ1) is 12.7. The lowest BCUT2D eigenvalue weighted by Crippen LogP contribution is -2.41. The highest BCUT2D eigenvalue weighted by molar-refractivity contribution is 9.10. The number of benzene rings is 1. The Labute approximate surface area is 165 Å². The number of nitrogens with zero attached hydrogens (tertiary/aromatic N) is 3. The van der Waals surface area contributed by atoms with Crippen LogP contribution in [0.5, 0.6) is 0 Å². The van der Waals surface area contributed by atoms with E-state index in [9.17, 15) is 30.8 Å². The van der Waals surface area contributed by atoms with Crippen LogP contribution < -0.4 is 5.69 Å². The zero-order valence-electron chi connectivity index (χ0n) is 14.6. The van der Waals surface area contributed by atoms with Crippen LogP contribution in [0.25, 0.3) is 0 Å². The molecule has 0 N–H and O–H groups in total. The molecular formula is C16H14BrF4N3O3S.